The maximum Gasteiger partial charge on any atom is 0.0275 e. The summed E-state index contributed by atoms with van der Waals surface area (Å²) < 4.78 is 0. The maximum atomic E-state index is 8.25. The molecule has 0 saturated heterocycles. The standard InChI is InChI=1S/C10H14.CH2O2.H3N/c1-10(2,3)9-7-5-4-6-8-9;2-1-3;/h4-8H,1-3H3;1H,(H,2,3);1H3. The van der Waals surface area contributed by atoms with Crippen molar-refractivity contribution in [2.45, 2.75) is 26.2 Å². The molecule has 0 aliphatic heterocycles. The van der Waals surface area contributed by atoms with Crippen LogP contribution in [0, 0.1) is 0 Å². The van der Waals surface area contributed by atoms with Crippen LogP contribution in [0.15, 0.2) is 30.3 Å². The molecular formula is C11H19NO2. The van der Waals surface area contributed by atoms with Crippen molar-refractivity contribution >= 4 is 6.47 Å². The predicted molar refractivity (Wildman–Crippen MR) is 57.2 cm³/mol. The molecule has 3 nitrogen and oxygen atoms in total. The van der Waals surface area contributed by atoms with E-state index in [1.165, 1.54) is 5.56 Å². The van der Waals surface area contributed by atoms with E-state index in [-0.39, 0.29) is 6.15 Å². The van der Waals surface area contributed by atoms with Crippen molar-refractivity contribution in [3.63, 3.8) is 0 Å². The van der Waals surface area contributed by atoms with Crippen LogP contribution in [0.2, 0.25) is 0 Å². The molecule has 0 bridgehead atoms. The summed E-state index contributed by atoms with van der Waals surface area (Å²) >= 11 is 0. The van der Waals surface area contributed by atoms with E-state index in [9.17, 15) is 0 Å². The molecule has 0 fully saturated rings. The Morgan fingerprint density at radius 3 is 1.71 bits per heavy atom. The van der Waals surface area contributed by atoms with Crippen molar-refractivity contribution in [3.05, 3.63) is 35.9 Å². The van der Waals surface area contributed by atoms with Gasteiger partial charge in [0.1, 0.15) is 0 Å². The predicted octanol–water partition coefficient (Wildman–Crippen LogP) is 1.73. The van der Waals surface area contributed by atoms with E-state index in [4.69, 9.17) is 9.90 Å². The molecule has 3 heteroatoms. The Kier molecular flexibility index (Phi) is 7.67. The lowest BCUT2D eigenvalue weighted by Crippen LogP contribution is -2.10. The number of carboxylic acid groups (broad SMARTS) is 1. The summed E-state index contributed by atoms with van der Waals surface area (Å²) in [5.74, 6) is 0. The van der Waals surface area contributed by atoms with Gasteiger partial charge in [-0.25, -0.2) is 0 Å². The molecule has 14 heavy (non-hydrogen) atoms. The Hall–Kier alpha value is -1.35. The molecule has 1 aromatic carbocycles. The Morgan fingerprint density at radius 2 is 1.50 bits per heavy atom. The highest BCUT2D eigenvalue weighted by Gasteiger charge is 2.11. The van der Waals surface area contributed by atoms with Crippen LogP contribution in [0.1, 0.15) is 26.3 Å². The van der Waals surface area contributed by atoms with E-state index < -0.39 is 6.47 Å². The van der Waals surface area contributed by atoms with Crippen LogP contribution in [0.25, 0.3) is 0 Å². The van der Waals surface area contributed by atoms with Gasteiger partial charge in [-0.3, -0.25) is 0 Å². The highest BCUT2D eigenvalue weighted by molar-refractivity contribution is 5.29. The first-order valence-electron chi connectivity index (χ1n) is 4.13. The van der Waals surface area contributed by atoms with Crippen LogP contribution >= 0.6 is 0 Å². The van der Waals surface area contributed by atoms with Gasteiger partial charge in [-0.05, 0) is 11.0 Å². The third-order valence-corrected chi connectivity index (χ3v) is 1.64. The fourth-order valence-electron chi connectivity index (χ4n) is 0.938. The van der Waals surface area contributed by atoms with Crippen molar-refractivity contribution in [2.24, 2.45) is 0 Å². The van der Waals surface area contributed by atoms with Gasteiger partial charge >= 0.3 is 0 Å². The lowest BCUT2D eigenvalue weighted by Gasteiger charge is -2.18. The molecule has 0 saturated carbocycles. The number of quaternary nitrogens is 1. The maximum absolute atomic E-state index is 8.25. The molecule has 1 rings (SSSR count). The Labute approximate surface area is 85.4 Å². The van der Waals surface area contributed by atoms with Crippen LogP contribution in [0.5, 0.6) is 0 Å². The summed E-state index contributed by atoms with van der Waals surface area (Å²) in [6.45, 7) is 6.17. The molecule has 80 valence electrons. The minimum Gasteiger partial charge on any atom is -0.554 e. The molecule has 4 N–H and O–H groups in total. The first-order chi connectivity index (χ1) is 6.02. The monoisotopic (exact) mass is 197 g/mol. The van der Waals surface area contributed by atoms with E-state index in [0.717, 1.165) is 0 Å². The lowest BCUT2D eigenvalue weighted by atomic mass is 9.87. The zero-order valence-electron chi connectivity index (χ0n) is 9.28. The summed E-state index contributed by atoms with van der Waals surface area (Å²) in [4.78, 5) is 8.25. The molecule has 0 atom stereocenters. The number of carbonyl (C=O) groups is 1. The number of rotatable bonds is 0. The van der Waals surface area contributed by atoms with Gasteiger partial charge in [0.25, 0.3) is 0 Å². The van der Waals surface area contributed by atoms with Crippen molar-refractivity contribution in [1.29, 1.82) is 0 Å². The summed E-state index contributed by atoms with van der Waals surface area (Å²) in [6.07, 6.45) is 0. The van der Waals surface area contributed by atoms with Gasteiger partial charge in [-0.1, -0.05) is 51.1 Å². The number of carbonyl (C=O) groups excluding carboxylic acids is 1. The number of hydrogen-bond acceptors (Lipinski definition) is 2. The zero-order valence-corrected chi connectivity index (χ0v) is 9.28. The third kappa shape index (κ3) is 6.20. The van der Waals surface area contributed by atoms with Crippen LogP contribution < -0.4 is 11.3 Å². The largest absolute Gasteiger partial charge is 0.554 e. The second-order valence-corrected chi connectivity index (χ2v) is 3.71. The first kappa shape index (κ1) is 15.1. The quantitative estimate of drug-likeness (QED) is 0.643. The van der Waals surface area contributed by atoms with Gasteiger partial charge in [-0.2, -0.15) is 0 Å². The second-order valence-electron chi connectivity index (χ2n) is 3.71. The third-order valence-electron chi connectivity index (χ3n) is 1.64. The van der Waals surface area contributed by atoms with Gasteiger partial charge in [-0.15, -0.1) is 0 Å². The fourth-order valence-corrected chi connectivity index (χ4v) is 0.938. The van der Waals surface area contributed by atoms with Gasteiger partial charge in [0.05, 0.1) is 0 Å². The molecule has 0 heterocycles. The summed E-state index contributed by atoms with van der Waals surface area (Å²) in [5, 5.41) is 8.25. The minimum atomic E-state index is -0.500. The van der Waals surface area contributed by atoms with E-state index in [1.807, 2.05) is 0 Å². The van der Waals surface area contributed by atoms with Crippen molar-refractivity contribution in [3.8, 4) is 0 Å². The normalized spacial score (nSPS) is 9.07. The smallest absolute Gasteiger partial charge is 0.0275 e. The summed E-state index contributed by atoms with van der Waals surface area (Å²) in [6, 6.07) is 10.6. The van der Waals surface area contributed by atoms with E-state index in [1.54, 1.807) is 0 Å². The average molecular weight is 197 g/mol. The molecule has 0 aromatic heterocycles. The molecule has 0 aliphatic carbocycles. The van der Waals surface area contributed by atoms with Crippen molar-refractivity contribution in [2.75, 3.05) is 0 Å². The molecule has 1 aromatic rings. The van der Waals surface area contributed by atoms with E-state index in [0.29, 0.717) is 5.41 Å². The number of hydrogen-bond donors (Lipinski definition) is 1. The SMILES string of the molecule is CC(C)(C)c1ccccc1.O=C[O-].[NH4+]. The highest BCUT2D eigenvalue weighted by atomic mass is 16.3. The van der Waals surface area contributed by atoms with Crippen molar-refractivity contribution < 1.29 is 9.90 Å². The van der Waals surface area contributed by atoms with E-state index in [2.05, 4.69) is 51.1 Å². The molecule has 0 spiro atoms. The molecule has 0 unspecified atom stereocenters. The number of benzene rings is 1. The van der Waals surface area contributed by atoms with Gasteiger partial charge in [0.15, 0.2) is 0 Å². The molecule has 0 radical (unpaired) electrons. The van der Waals surface area contributed by atoms with E-state index >= 15 is 0 Å². The Balaban J connectivity index is 0. The van der Waals surface area contributed by atoms with Crippen molar-refractivity contribution in [1.82, 2.24) is 6.15 Å². The van der Waals surface area contributed by atoms with Gasteiger partial charge in [0.2, 0.25) is 0 Å². The molecular weight excluding hydrogens is 178 g/mol. The van der Waals surface area contributed by atoms with Crippen LogP contribution in [-0.2, 0) is 10.2 Å². The lowest BCUT2D eigenvalue weighted by molar-refractivity contribution is -0.283. The zero-order chi connectivity index (χ0) is 10.3. The average Bonchev–Trinajstić information content (AvgIpc) is 2.06. The van der Waals surface area contributed by atoms with Gasteiger partial charge < -0.3 is 16.1 Å². The van der Waals surface area contributed by atoms with Crippen LogP contribution in [0.4, 0.5) is 0 Å². The van der Waals surface area contributed by atoms with Gasteiger partial charge in [0, 0.05) is 6.47 Å². The highest BCUT2D eigenvalue weighted by Crippen LogP contribution is 2.20. The topological polar surface area (TPSA) is 76.6 Å². The fraction of sp³-hybridized carbons (Fsp3) is 0.364. The Bertz CT molecular complexity index is 239. The van der Waals surface area contributed by atoms with Crippen LogP contribution in [-0.4, -0.2) is 6.47 Å². The molecule has 0 aliphatic rings. The minimum absolute atomic E-state index is 0. The van der Waals surface area contributed by atoms with Crippen LogP contribution in [0.3, 0.4) is 0 Å². The summed E-state index contributed by atoms with van der Waals surface area (Å²) in [5.41, 5.74) is 1.69. The second kappa shape index (κ2) is 7.09. The molecule has 0 amide bonds. The Morgan fingerprint density at radius 1 is 1.14 bits per heavy atom. The first-order valence-corrected chi connectivity index (χ1v) is 4.13. The summed E-state index contributed by atoms with van der Waals surface area (Å²) in [7, 11) is 0.